The Hall–Kier alpha value is -1.89. The van der Waals surface area contributed by atoms with Crippen LogP contribution in [-0.2, 0) is 4.79 Å². The third kappa shape index (κ3) is 3.31. The van der Waals surface area contributed by atoms with Crippen molar-refractivity contribution in [3.63, 3.8) is 0 Å². The molecule has 1 aliphatic rings. The average molecular weight is 265 g/mol. The first kappa shape index (κ1) is 13.5. The molecule has 7 nitrogen and oxygen atoms in total. The van der Waals surface area contributed by atoms with Gasteiger partial charge in [0.25, 0.3) is 5.56 Å². The highest BCUT2D eigenvalue weighted by Gasteiger charge is 2.27. The van der Waals surface area contributed by atoms with Gasteiger partial charge in [-0.2, -0.15) is 0 Å². The summed E-state index contributed by atoms with van der Waals surface area (Å²) in [5, 5.41) is 2.79. The van der Waals surface area contributed by atoms with Crippen molar-refractivity contribution in [3.05, 3.63) is 22.7 Å². The highest BCUT2D eigenvalue weighted by atomic mass is 16.2. The predicted molar refractivity (Wildman–Crippen MR) is 71.9 cm³/mol. The SMILES string of the molecule is NCCNC(=O)C1CCCN(c2ncc[nH]c2=O)C1. The fraction of sp³-hybridized carbons (Fsp3) is 0.583. The van der Waals surface area contributed by atoms with Gasteiger partial charge >= 0.3 is 0 Å². The van der Waals surface area contributed by atoms with Crippen LogP contribution in [0.4, 0.5) is 5.82 Å². The van der Waals surface area contributed by atoms with E-state index in [0.717, 1.165) is 19.4 Å². The first-order chi connectivity index (χ1) is 9.22. The van der Waals surface area contributed by atoms with Gasteiger partial charge in [-0.05, 0) is 12.8 Å². The maximum absolute atomic E-state index is 11.9. The number of nitrogens with two attached hydrogens (primary N) is 1. The lowest BCUT2D eigenvalue weighted by molar-refractivity contribution is -0.125. The number of hydrogen-bond donors (Lipinski definition) is 3. The van der Waals surface area contributed by atoms with Crippen LogP contribution in [0.5, 0.6) is 0 Å². The maximum Gasteiger partial charge on any atom is 0.290 e. The number of carbonyl (C=O) groups is 1. The van der Waals surface area contributed by atoms with Gasteiger partial charge in [0.15, 0.2) is 5.82 Å². The molecule has 1 saturated heterocycles. The molecule has 104 valence electrons. The summed E-state index contributed by atoms with van der Waals surface area (Å²) in [6.45, 7) is 2.19. The summed E-state index contributed by atoms with van der Waals surface area (Å²) >= 11 is 0. The van der Waals surface area contributed by atoms with Gasteiger partial charge in [-0.25, -0.2) is 4.98 Å². The van der Waals surface area contributed by atoms with Crippen LogP contribution >= 0.6 is 0 Å². The minimum absolute atomic E-state index is 0.00232. The summed E-state index contributed by atoms with van der Waals surface area (Å²) in [6.07, 6.45) is 4.75. The van der Waals surface area contributed by atoms with Crippen molar-refractivity contribution in [1.82, 2.24) is 15.3 Å². The van der Waals surface area contributed by atoms with Crippen LogP contribution in [0.2, 0.25) is 0 Å². The number of hydrogen-bond acceptors (Lipinski definition) is 5. The summed E-state index contributed by atoms with van der Waals surface area (Å²) in [5.41, 5.74) is 5.15. The summed E-state index contributed by atoms with van der Waals surface area (Å²) in [4.78, 5) is 32.2. The lowest BCUT2D eigenvalue weighted by Gasteiger charge is -2.32. The monoisotopic (exact) mass is 265 g/mol. The largest absolute Gasteiger partial charge is 0.355 e. The van der Waals surface area contributed by atoms with Crippen LogP contribution in [0.1, 0.15) is 12.8 Å². The van der Waals surface area contributed by atoms with E-state index in [-0.39, 0.29) is 17.4 Å². The van der Waals surface area contributed by atoms with Crippen molar-refractivity contribution in [2.75, 3.05) is 31.1 Å². The number of piperidine rings is 1. The minimum Gasteiger partial charge on any atom is -0.355 e. The molecule has 1 aliphatic heterocycles. The lowest BCUT2D eigenvalue weighted by atomic mass is 9.97. The Morgan fingerprint density at radius 1 is 1.63 bits per heavy atom. The van der Waals surface area contributed by atoms with Gasteiger partial charge in [-0.15, -0.1) is 0 Å². The topological polar surface area (TPSA) is 104 Å². The molecule has 7 heteroatoms. The van der Waals surface area contributed by atoms with E-state index in [1.807, 2.05) is 4.90 Å². The second kappa shape index (κ2) is 6.33. The number of anilines is 1. The van der Waals surface area contributed by atoms with Crippen molar-refractivity contribution in [2.45, 2.75) is 12.8 Å². The summed E-state index contributed by atoms with van der Waals surface area (Å²) < 4.78 is 0. The third-order valence-electron chi connectivity index (χ3n) is 3.22. The van der Waals surface area contributed by atoms with Crippen molar-refractivity contribution < 1.29 is 4.79 Å². The number of aromatic amines is 1. The highest BCUT2D eigenvalue weighted by Crippen LogP contribution is 2.19. The van der Waals surface area contributed by atoms with Gasteiger partial charge < -0.3 is 20.9 Å². The fourth-order valence-electron chi connectivity index (χ4n) is 2.29. The van der Waals surface area contributed by atoms with E-state index in [9.17, 15) is 9.59 Å². The number of H-pyrrole nitrogens is 1. The van der Waals surface area contributed by atoms with Gasteiger partial charge in [0, 0.05) is 38.6 Å². The number of amides is 1. The average Bonchev–Trinajstić information content (AvgIpc) is 2.45. The highest BCUT2D eigenvalue weighted by molar-refractivity contribution is 5.79. The van der Waals surface area contributed by atoms with Crippen molar-refractivity contribution in [1.29, 1.82) is 0 Å². The first-order valence-electron chi connectivity index (χ1n) is 6.49. The number of rotatable bonds is 4. The van der Waals surface area contributed by atoms with E-state index in [1.165, 1.54) is 6.20 Å². The zero-order valence-corrected chi connectivity index (χ0v) is 10.8. The molecule has 2 rings (SSSR count). The number of nitrogens with one attached hydrogen (secondary N) is 2. The molecule has 4 N–H and O–H groups in total. The van der Waals surface area contributed by atoms with Crippen LogP contribution in [-0.4, -0.2) is 42.1 Å². The van der Waals surface area contributed by atoms with Crippen LogP contribution < -0.4 is 21.5 Å². The third-order valence-corrected chi connectivity index (χ3v) is 3.22. The zero-order chi connectivity index (χ0) is 13.7. The Morgan fingerprint density at radius 3 is 3.21 bits per heavy atom. The van der Waals surface area contributed by atoms with E-state index in [2.05, 4.69) is 15.3 Å². The van der Waals surface area contributed by atoms with Crippen LogP contribution in [0.25, 0.3) is 0 Å². The molecule has 0 aliphatic carbocycles. The van der Waals surface area contributed by atoms with Gasteiger partial charge in [0.05, 0.1) is 5.92 Å². The molecule has 0 bridgehead atoms. The molecule has 1 aromatic rings. The van der Waals surface area contributed by atoms with Crippen LogP contribution in [0.3, 0.4) is 0 Å². The van der Waals surface area contributed by atoms with Gasteiger partial charge in [0.2, 0.25) is 5.91 Å². The predicted octanol–water partition coefficient (Wildman–Crippen LogP) is -0.939. The molecule has 1 fully saturated rings. The second-order valence-corrected chi connectivity index (χ2v) is 4.61. The lowest BCUT2D eigenvalue weighted by Crippen LogP contribution is -2.45. The first-order valence-corrected chi connectivity index (χ1v) is 6.49. The second-order valence-electron chi connectivity index (χ2n) is 4.61. The standard InChI is InChI=1S/C12H19N5O2/c13-3-4-15-11(18)9-2-1-7-17(8-9)10-12(19)16-6-5-14-10/h5-6,9H,1-4,7-8,13H2,(H,15,18)(H,16,19). The molecular weight excluding hydrogens is 246 g/mol. The van der Waals surface area contributed by atoms with E-state index in [4.69, 9.17) is 5.73 Å². The van der Waals surface area contributed by atoms with E-state index >= 15 is 0 Å². The van der Waals surface area contributed by atoms with E-state index in [1.54, 1.807) is 6.20 Å². The zero-order valence-electron chi connectivity index (χ0n) is 10.8. The number of nitrogens with zero attached hydrogens (tertiary/aromatic N) is 2. The molecule has 0 spiro atoms. The molecule has 1 aromatic heterocycles. The van der Waals surface area contributed by atoms with Gasteiger partial charge in [0.1, 0.15) is 0 Å². The molecule has 1 unspecified atom stereocenters. The normalized spacial score (nSPS) is 19.2. The van der Waals surface area contributed by atoms with Crippen LogP contribution in [0.15, 0.2) is 17.2 Å². The Balaban J connectivity index is 2.03. The van der Waals surface area contributed by atoms with E-state index in [0.29, 0.717) is 25.5 Å². The maximum atomic E-state index is 11.9. The Labute approximate surface area is 111 Å². The molecule has 0 aromatic carbocycles. The van der Waals surface area contributed by atoms with Gasteiger partial charge in [-0.3, -0.25) is 9.59 Å². The molecular formula is C12H19N5O2. The fourth-order valence-corrected chi connectivity index (χ4v) is 2.29. The molecule has 0 radical (unpaired) electrons. The Morgan fingerprint density at radius 2 is 2.47 bits per heavy atom. The van der Waals surface area contributed by atoms with Crippen molar-refractivity contribution >= 4 is 11.7 Å². The number of carbonyl (C=O) groups excluding carboxylic acids is 1. The Kier molecular flexibility index (Phi) is 4.51. The minimum atomic E-state index is -0.217. The molecule has 2 heterocycles. The number of aromatic nitrogens is 2. The quantitative estimate of drug-likeness (QED) is 0.652. The smallest absolute Gasteiger partial charge is 0.290 e. The summed E-state index contributed by atoms with van der Waals surface area (Å²) in [7, 11) is 0. The van der Waals surface area contributed by atoms with Crippen molar-refractivity contribution in [2.24, 2.45) is 11.7 Å². The van der Waals surface area contributed by atoms with Gasteiger partial charge in [-0.1, -0.05) is 0 Å². The van der Waals surface area contributed by atoms with Crippen molar-refractivity contribution in [3.8, 4) is 0 Å². The Bertz CT molecular complexity index is 487. The molecule has 1 amide bonds. The molecule has 19 heavy (non-hydrogen) atoms. The molecule has 1 atom stereocenters. The van der Waals surface area contributed by atoms with E-state index < -0.39 is 0 Å². The summed E-state index contributed by atoms with van der Waals surface area (Å²) in [6, 6.07) is 0. The van der Waals surface area contributed by atoms with Crippen LogP contribution in [0, 0.1) is 5.92 Å². The molecule has 0 saturated carbocycles. The summed E-state index contributed by atoms with van der Waals surface area (Å²) in [5.74, 6) is 0.281.